The van der Waals surface area contributed by atoms with Gasteiger partial charge in [0.1, 0.15) is 5.52 Å². The molecule has 0 radical (unpaired) electrons. The minimum absolute atomic E-state index is 0.481. The first-order valence-corrected chi connectivity index (χ1v) is 8.76. The van der Waals surface area contributed by atoms with Gasteiger partial charge in [-0.05, 0) is 50.5 Å². The summed E-state index contributed by atoms with van der Waals surface area (Å²) in [6.45, 7) is 4.14. The van der Waals surface area contributed by atoms with Crippen LogP contribution < -0.4 is 5.43 Å². The molecule has 1 N–H and O–H groups in total. The van der Waals surface area contributed by atoms with E-state index in [4.69, 9.17) is 9.97 Å². The Kier molecular flexibility index (Phi) is 3.92. The van der Waals surface area contributed by atoms with Crippen LogP contribution in [0.4, 0.5) is 0 Å². The molecule has 4 rings (SSSR count). The monoisotopic (exact) mass is 321 g/mol. The molecule has 5 heteroatoms. The minimum Gasteiger partial charge on any atom is -0.319 e. The number of nitrogens with zero attached hydrogens (tertiary/aromatic N) is 4. The van der Waals surface area contributed by atoms with Crippen molar-refractivity contribution in [3.8, 4) is 11.4 Å². The molecular weight excluding hydrogens is 298 g/mol. The number of aryl methyl sites for hydroxylation is 2. The molecule has 1 aliphatic carbocycles. The van der Waals surface area contributed by atoms with Crippen LogP contribution in [0.25, 0.3) is 22.6 Å². The zero-order valence-corrected chi connectivity index (χ0v) is 14.3. The Hall–Kier alpha value is -2.43. The first-order chi connectivity index (χ1) is 11.7. The summed E-state index contributed by atoms with van der Waals surface area (Å²) >= 11 is 0. The van der Waals surface area contributed by atoms with E-state index in [2.05, 4.69) is 34.1 Å². The largest absolute Gasteiger partial charge is 0.319 e. The Morgan fingerprint density at radius 2 is 1.96 bits per heavy atom. The molecule has 0 saturated heterocycles. The fourth-order valence-corrected chi connectivity index (χ4v) is 3.59. The van der Waals surface area contributed by atoms with Crippen molar-refractivity contribution >= 4 is 11.2 Å². The highest BCUT2D eigenvalue weighted by Gasteiger charge is 2.20. The van der Waals surface area contributed by atoms with Crippen molar-refractivity contribution in [1.82, 2.24) is 19.6 Å². The van der Waals surface area contributed by atoms with E-state index >= 15 is 0 Å². The molecule has 0 spiro atoms. The van der Waals surface area contributed by atoms with E-state index in [-0.39, 0.29) is 0 Å². The van der Waals surface area contributed by atoms with Crippen LogP contribution in [0.2, 0.25) is 0 Å². The summed E-state index contributed by atoms with van der Waals surface area (Å²) in [5.41, 5.74) is 8.75. The van der Waals surface area contributed by atoms with E-state index in [1.165, 1.54) is 32.1 Å². The second-order valence-corrected chi connectivity index (χ2v) is 6.73. The smallest absolute Gasteiger partial charge is 0.179 e. The predicted molar refractivity (Wildman–Crippen MR) is 96.5 cm³/mol. The van der Waals surface area contributed by atoms with Crippen molar-refractivity contribution in [2.45, 2.75) is 52.0 Å². The number of imidazole rings is 1. The zero-order valence-electron chi connectivity index (χ0n) is 14.3. The molecule has 124 valence electrons. The molecule has 0 atom stereocenters. The average Bonchev–Trinajstić information content (AvgIpc) is 2.95. The molecular formula is C19H23N5. The third-order valence-electron chi connectivity index (χ3n) is 4.77. The Bertz CT molecular complexity index is 847. The topological polar surface area (TPSA) is 55.6 Å². The third kappa shape index (κ3) is 2.75. The van der Waals surface area contributed by atoms with Gasteiger partial charge in [-0.1, -0.05) is 19.3 Å². The first-order valence-electron chi connectivity index (χ1n) is 8.76. The molecule has 3 aromatic rings. The molecule has 24 heavy (non-hydrogen) atoms. The molecule has 0 unspecified atom stereocenters. The third-order valence-corrected chi connectivity index (χ3v) is 4.77. The quantitative estimate of drug-likeness (QED) is 0.792. The van der Waals surface area contributed by atoms with Gasteiger partial charge in [-0.2, -0.15) is 0 Å². The van der Waals surface area contributed by atoms with Gasteiger partial charge >= 0.3 is 0 Å². The number of pyridine rings is 2. The van der Waals surface area contributed by atoms with Crippen LogP contribution in [0, 0.1) is 13.8 Å². The van der Waals surface area contributed by atoms with Gasteiger partial charge in [0.05, 0.1) is 0 Å². The molecule has 5 nitrogen and oxygen atoms in total. The average molecular weight is 321 g/mol. The molecule has 0 aliphatic heterocycles. The first kappa shape index (κ1) is 15.1. The Labute approximate surface area is 142 Å². The van der Waals surface area contributed by atoms with Crippen molar-refractivity contribution < 1.29 is 0 Å². The van der Waals surface area contributed by atoms with Gasteiger partial charge in [0, 0.05) is 29.7 Å². The number of rotatable bonds is 3. The molecule has 3 aromatic heterocycles. The number of fused-ring (bicyclic) bond motifs is 1. The van der Waals surface area contributed by atoms with Crippen LogP contribution >= 0.6 is 0 Å². The molecule has 0 aromatic carbocycles. The fraction of sp³-hybridized carbons (Fsp3) is 0.421. The molecule has 0 amide bonds. The number of nitrogens with one attached hydrogen (secondary N) is 1. The lowest BCUT2D eigenvalue weighted by Crippen LogP contribution is -2.30. The summed E-state index contributed by atoms with van der Waals surface area (Å²) in [4.78, 5) is 13.9. The van der Waals surface area contributed by atoms with Crippen LogP contribution in [0.3, 0.4) is 0 Å². The summed E-state index contributed by atoms with van der Waals surface area (Å²) in [6, 6.07) is 6.57. The van der Waals surface area contributed by atoms with Crippen molar-refractivity contribution in [1.29, 1.82) is 0 Å². The maximum Gasteiger partial charge on any atom is 0.179 e. The van der Waals surface area contributed by atoms with E-state index in [9.17, 15) is 0 Å². The summed E-state index contributed by atoms with van der Waals surface area (Å²) < 4.78 is 2.09. The lowest BCUT2D eigenvalue weighted by Gasteiger charge is -2.25. The van der Waals surface area contributed by atoms with Crippen molar-refractivity contribution in [2.75, 3.05) is 5.43 Å². The highest BCUT2D eigenvalue weighted by Crippen LogP contribution is 2.26. The van der Waals surface area contributed by atoms with Gasteiger partial charge in [0.25, 0.3) is 0 Å². The number of hydrogen-bond acceptors (Lipinski definition) is 4. The van der Waals surface area contributed by atoms with E-state index in [1.807, 2.05) is 19.2 Å². The van der Waals surface area contributed by atoms with Gasteiger partial charge in [0.15, 0.2) is 11.5 Å². The van der Waals surface area contributed by atoms with Crippen molar-refractivity contribution in [2.24, 2.45) is 0 Å². The Morgan fingerprint density at radius 3 is 2.71 bits per heavy atom. The SMILES string of the molecule is Cc1cc(C)c2nc(-c3cccnc3)n(NC3CCCCC3)c2n1. The maximum atomic E-state index is 4.89. The van der Waals surface area contributed by atoms with Crippen molar-refractivity contribution in [3.05, 3.63) is 41.9 Å². The predicted octanol–water partition coefficient (Wildman–Crippen LogP) is 3.99. The van der Waals surface area contributed by atoms with E-state index in [0.29, 0.717) is 6.04 Å². The number of aromatic nitrogens is 4. The van der Waals surface area contributed by atoms with Crippen LogP contribution in [0.5, 0.6) is 0 Å². The summed E-state index contributed by atoms with van der Waals surface area (Å²) in [7, 11) is 0. The molecule has 0 bridgehead atoms. The highest BCUT2D eigenvalue weighted by molar-refractivity contribution is 5.80. The van der Waals surface area contributed by atoms with E-state index < -0.39 is 0 Å². The molecule has 1 saturated carbocycles. The molecule has 3 heterocycles. The van der Waals surface area contributed by atoms with Gasteiger partial charge in [-0.15, -0.1) is 0 Å². The second kappa shape index (κ2) is 6.23. The molecule has 1 fully saturated rings. The van der Waals surface area contributed by atoms with E-state index in [1.54, 1.807) is 6.20 Å². The lowest BCUT2D eigenvalue weighted by atomic mass is 9.96. The van der Waals surface area contributed by atoms with E-state index in [0.717, 1.165) is 33.8 Å². The number of hydrogen-bond donors (Lipinski definition) is 1. The van der Waals surface area contributed by atoms with Gasteiger partial charge in [-0.3, -0.25) is 4.98 Å². The van der Waals surface area contributed by atoms with Crippen LogP contribution in [0.15, 0.2) is 30.6 Å². The van der Waals surface area contributed by atoms with Crippen LogP contribution in [-0.4, -0.2) is 25.7 Å². The fourth-order valence-electron chi connectivity index (χ4n) is 3.59. The normalized spacial score (nSPS) is 15.8. The standard InChI is InChI=1S/C19H23N5/c1-13-11-14(2)21-19-17(13)22-18(15-7-6-10-20-12-15)24(19)23-16-8-4-3-5-9-16/h6-7,10-12,16,23H,3-5,8-9H2,1-2H3. The van der Waals surface area contributed by atoms with Crippen LogP contribution in [0.1, 0.15) is 43.4 Å². The van der Waals surface area contributed by atoms with Crippen molar-refractivity contribution in [3.63, 3.8) is 0 Å². The Balaban J connectivity index is 1.86. The lowest BCUT2D eigenvalue weighted by molar-refractivity contribution is 0.440. The zero-order chi connectivity index (χ0) is 16.5. The van der Waals surface area contributed by atoms with Gasteiger partial charge in [0.2, 0.25) is 0 Å². The maximum absolute atomic E-state index is 4.89. The summed E-state index contributed by atoms with van der Waals surface area (Å²) in [5.74, 6) is 0.893. The van der Waals surface area contributed by atoms with Crippen LogP contribution in [-0.2, 0) is 0 Å². The highest BCUT2D eigenvalue weighted by atomic mass is 15.5. The summed E-state index contributed by atoms with van der Waals surface area (Å²) in [6.07, 6.45) is 9.99. The summed E-state index contributed by atoms with van der Waals surface area (Å²) in [5, 5.41) is 0. The minimum atomic E-state index is 0.481. The van der Waals surface area contributed by atoms with Gasteiger partial charge in [-0.25, -0.2) is 14.6 Å². The molecule has 1 aliphatic rings. The second-order valence-electron chi connectivity index (χ2n) is 6.73. The van der Waals surface area contributed by atoms with Gasteiger partial charge < -0.3 is 5.43 Å². The Morgan fingerprint density at radius 1 is 1.12 bits per heavy atom.